The topological polar surface area (TPSA) is 91.2 Å². The highest BCUT2D eigenvalue weighted by Gasteiger charge is 2.41. The highest BCUT2D eigenvalue weighted by atomic mass is 19.4. The summed E-state index contributed by atoms with van der Waals surface area (Å²) in [5.41, 5.74) is 5.20. The molecule has 9 heteroatoms. The smallest absolute Gasteiger partial charge is 0.366 e. The van der Waals surface area contributed by atoms with Gasteiger partial charge in [0.1, 0.15) is 5.56 Å². The Bertz CT molecular complexity index is 1280. The number of nitrogens with two attached hydrogens (primary N) is 1. The van der Waals surface area contributed by atoms with Crippen molar-refractivity contribution >= 4 is 28.2 Å². The molecule has 0 atom stereocenters. The molecule has 0 unspecified atom stereocenters. The first-order valence-corrected chi connectivity index (χ1v) is 10.9. The fraction of sp³-hybridized carbons (Fsp3) is 0.333. The Kier molecular flexibility index (Phi) is 5.16. The number of alkyl halides is 3. The summed E-state index contributed by atoms with van der Waals surface area (Å²) in [4.78, 5) is 30.6. The largest absolute Gasteiger partial charge is 0.418 e. The highest BCUT2D eigenvalue weighted by Crippen LogP contribution is 2.44. The molecule has 1 aromatic heterocycles. The van der Waals surface area contributed by atoms with E-state index in [9.17, 15) is 22.8 Å². The van der Waals surface area contributed by atoms with Gasteiger partial charge in [-0.15, -0.1) is 0 Å². The van der Waals surface area contributed by atoms with E-state index in [2.05, 4.69) is 15.2 Å². The molecule has 2 fully saturated rings. The van der Waals surface area contributed by atoms with Crippen molar-refractivity contribution in [2.45, 2.75) is 50.5 Å². The van der Waals surface area contributed by atoms with E-state index in [4.69, 9.17) is 5.73 Å². The third-order valence-electron chi connectivity index (χ3n) is 6.73. The number of fused-ring (bicyclic) bond motifs is 3. The summed E-state index contributed by atoms with van der Waals surface area (Å²) in [6.07, 6.45) is 0.499. The summed E-state index contributed by atoms with van der Waals surface area (Å²) < 4.78 is 41.7. The second-order valence-electron chi connectivity index (χ2n) is 8.67. The van der Waals surface area contributed by atoms with Gasteiger partial charge in [0.25, 0.3) is 5.91 Å². The lowest BCUT2D eigenvalue weighted by molar-refractivity contribution is -0.136. The molecule has 2 aromatic carbocycles. The number of aromatic amines is 1. The summed E-state index contributed by atoms with van der Waals surface area (Å²) in [6, 6.07) is 9.52. The Morgan fingerprint density at radius 3 is 2.42 bits per heavy atom. The molecule has 0 radical (unpaired) electrons. The molecule has 33 heavy (non-hydrogen) atoms. The SMILES string of the molecule is NCc1ccc2[nH]cc(C(=O)Nc3ccc(N4C5CCC4CC5)cc3C(F)(F)F)c(=O)c2c1. The molecule has 2 aliphatic heterocycles. The van der Waals surface area contributed by atoms with Crippen molar-refractivity contribution in [3.05, 3.63) is 69.5 Å². The van der Waals surface area contributed by atoms with Crippen LogP contribution in [0.4, 0.5) is 24.5 Å². The lowest BCUT2D eigenvalue weighted by Gasteiger charge is -2.26. The average molecular weight is 456 g/mol. The monoisotopic (exact) mass is 456 g/mol. The molecule has 2 bridgehead atoms. The molecular weight excluding hydrogens is 433 g/mol. The van der Waals surface area contributed by atoms with Crippen molar-refractivity contribution in [1.29, 1.82) is 0 Å². The van der Waals surface area contributed by atoms with Gasteiger partial charge < -0.3 is 20.9 Å². The first-order chi connectivity index (χ1) is 15.8. The Hall–Kier alpha value is -3.33. The Labute approximate surface area is 187 Å². The number of pyridine rings is 1. The lowest BCUT2D eigenvalue weighted by atomic mass is 10.0. The predicted octanol–water partition coefficient (Wildman–Crippen LogP) is 4.39. The number of halogens is 3. The van der Waals surface area contributed by atoms with Crippen molar-refractivity contribution in [2.75, 3.05) is 10.2 Å². The van der Waals surface area contributed by atoms with Gasteiger partial charge in [-0.05, 0) is 61.6 Å². The van der Waals surface area contributed by atoms with Crippen LogP contribution in [0.5, 0.6) is 0 Å². The van der Waals surface area contributed by atoms with Crippen LogP contribution in [0.15, 0.2) is 47.4 Å². The lowest BCUT2D eigenvalue weighted by Crippen LogP contribution is -2.28. The van der Waals surface area contributed by atoms with Crippen LogP contribution in [0.2, 0.25) is 0 Å². The molecule has 3 aromatic rings. The van der Waals surface area contributed by atoms with E-state index < -0.39 is 23.1 Å². The molecule has 6 nitrogen and oxygen atoms in total. The summed E-state index contributed by atoms with van der Waals surface area (Å²) in [5.74, 6) is -0.907. The minimum absolute atomic E-state index is 0.214. The Morgan fingerprint density at radius 2 is 1.79 bits per heavy atom. The van der Waals surface area contributed by atoms with Gasteiger partial charge in [0.05, 0.1) is 11.3 Å². The zero-order chi connectivity index (χ0) is 23.3. The number of amides is 1. The van der Waals surface area contributed by atoms with Crippen LogP contribution in [0.3, 0.4) is 0 Å². The highest BCUT2D eigenvalue weighted by molar-refractivity contribution is 6.06. The molecule has 0 saturated carbocycles. The third-order valence-corrected chi connectivity index (χ3v) is 6.73. The van der Waals surface area contributed by atoms with E-state index in [1.165, 1.54) is 12.3 Å². The summed E-state index contributed by atoms with van der Waals surface area (Å²) >= 11 is 0. The molecule has 4 N–H and O–H groups in total. The molecule has 0 aliphatic carbocycles. The number of carbonyl (C=O) groups excluding carboxylic acids is 1. The first-order valence-electron chi connectivity index (χ1n) is 10.9. The molecule has 2 saturated heterocycles. The van der Waals surface area contributed by atoms with E-state index in [1.54, 1.807) is 24.3 Å². The van der Waals surface area contributed by atoms with Gasteiger partial charge in [-0.2, -0.15) is 13.2 Å². The summed E-state index contributed by atoms with van der Waals surface area (Å²) in [7, 11) is 0. The van der Waals surface area contributed by atoms with Crippen LogP contribution in [0, 0.1) is 0 Å². The number of H-pyrrole nitrogens is 1. The quantitative estimate of drug-likeness (QED) is 0.543. The van der Waals surface area contributed by atoms with E-state index in [1.807, 2.05) is 0 Å². The maximum Gasteiger partial charge on any atom is 0.418 e. The fourth-order valence-corrected chi connectivity index (χ4v) is 5.12. The number of carbonyl (C=O) groups is 1. The van der Waals surface area contributed by atoms with Crippen molar-refractivity contribution < 1.29 is 18.0 Å². The molecule has 0 spiro atoms. The van der Waals surface area contributed by atoms with Gasteiger partial charge in [-0.3, -0.25) is 9.59 Å². The molecular formula is C24H23F3N4O2. The zero-order valence-electron chi connectivity index (χ0n) is 17.7. The number of nitrogens with zero attached hydrogens (tertiary/aromatic N) is 1. The zero-order valence-corrected chi connectivity index (χ0v) is 17.7. The molecule has 1 amide bonds. The van der Waals surface area contributed by atoms with Crippen molar-refractivity contribution in [2.24, 2.45) is 5.73 Å². The number of anilines is 2. The van der Waals surface area contributed by atoms with Crippen molar-refractivity contribution in [3.8, 4) is 0 Å². The van der Waals surface area contributed by atoms with E-state index >= 15 is 0 Å². The van der Waals surface area contributed by atoms with Crippen LogP contribution < -0.4 is 21.4 Å². The maximum absolute atomic E-state index is 13.9. The van der Waals surface area contributed by atoms with Crippen LogP contribution >= 0.6 is 0 Å². The first kappa shape index (κ1) is 21.5. The summed E-state index contributed by atoms with van der Waals surface area (Å²) in [6.45, 7) is 0.214. The van der Waals surface area contributed by atoms with Gasteiger partial charge in [0, 0.05) is 41.4 Å². The second kappa shape index (κ2) is 7.91. The minimum atomic E-state index is -4.66. The number of benzene rings is 2. The van der Waals surface area contributed by atoms with Crippen molar-refractivity contribution in [1.82, 2.24) is 4.98 Å². The van der Waals surface area contributed by atoms with E-state index in [-0.39, 0.29) is 35.3 Å². The second-order valence-corrected chi connectivity index (χ2v) is 8.67. The van der Waals surface area contributed by atoms with Gasteiger partial charge in [0.2, 0.25) is 5.43 Å². The third kappa shape index (κ3) is 3.76. The Morgan fingerprint density at radius 1 is 1.09 bits per heavy atom. The van der Waals surface area contributed by atoms with Crippen molar-refractivity contribution in [3.63, 3.8) is 0 Å². The van der Waals surface area contributed by atoms with Gasteiger partial charge >= 0.3 is 6.18 Å². The average Bonchev–Trinajstić information content (AvgIpc) is 3.39. The minimum Gasteiger partial charge on any atom is -0.366 e. The number of nitrogens with one attached hydrogen (secondary N) is 2. The standard InChI is InChI=1S/C24H23F3N4O2/c25-24(26,27)19-10-16(31-14-2-3-15(31)5-4-14)6-8-21(19)30-23(33)18-12-29-20-7-1-13(11-28)9-17(20)22(18)32/h1,6-10,12,14-15H,2-5,11,28H2,(H,29,32)(H,30,33). The van der Waals surface area contributed by atoms with Crippen LogP contribution in [0.25, 0.3) is 10.9 Å². The predicted molar refractivity (Wildman–Crippen MR) is 120 cm³/mol. The van der Waals surface area contributed by atoms with Gasteiger partial charge in [-0.1, -0.05) is 6.07 Å². The molecule has 3 heterocycles. The summed E-state index contributed by atoms with van der Waals surface area (Å²) in [5, 5.41) is 2.55. The van der Waals surface area contributed by atoms with Gasteiger partial charge in [-0.25, -0.2) is 0 Å². The molecule has 2 aliphatic rings. The van der Waals surface area contributed by atoms with Crippen LogP contribution in [0.1, 0.15) is 47.2 Å². The number of hydrogen-bond acceptors (Lipinski definition) is 4. The molecule has 5 rings (SSSR count). The van der Waals surface area contributed by atoms with Gasteiger partial charge in [0.15, 0.2) is 0 Å². The van der Waals surface area contributed by atoms with Crippen LogP contribution in [-0.2, 0) is 12.7 Å². The van der Waals surface area contributed by atoms with E-state index in [0.717, 1.165) is 31.7 Å². The number of hydrogen-bond donors (Lipinski definition) is 3. The maximum atomic E-state index is 13.9. The van der Waals surface area contributed by atoms with Crippen LogP contribution in [-0.4, -0.2) is 23.0 Å². The normalized spacial score (nSPS) is 19.9. The molecule has 172 valence electrons. The number of aromatic nitrogens is 1. The van der Waals surface area contributed by atoms with E-state index in [0.29, 0.717) is 16.8 Å². The Balaban J connectivity index is 1.49. The fourth-order valence-electron chi connectivity index (χ4n) is 5.12. The number of rotatable bonds is 4.